The van der Waals surface area contributed by atoms with Crippen molar-refractivity contribution in [3.8, 4) is 11.1 Å². The number of hydrogen-bond acceptors (Lipinski definition) is 0. The molecule has 0 aliphatic heterocycles. The van der Waals surface area contributed by atoms with Gasteiger partial charge in [0.05, 0.1) is 8.22 Å². The monoisotopic (exact) mass is 350 g/mol. The van der Waals surface area contributed by atoms with Crippen molar-refractivity contribution in [2.75, 3.05) is 0 Å². The molecule has 0 radical (unpaired) electrons. The first kappa shape index (κ1) is 3.96. The topological polar surface area (TPSA) is 0 Å². The quantitative estimate of drug-likeness (QED) is 0.636. The first-order valence-electron chi connectivity index (χ1n) is 10.1. The van der Waals surface area contributed by atoms with Gasteiger partial charge in [0.2, 0.25) is 0 Å². The first-order chi connectivity index (χ1) is 12.5. The van der Waals surface area contributed by atoms with Gasteiger partial charge in [-0.25, -0.2) is 0 Å². The lowest BCUT2D eigenvalue weighted by Crippen LogP contribution is -1.87. The zero-order chi connectivity index (χ0) is 21.9. The van der Waals surface area contributed by atoms with Crippen molar-refractivity contribution < 1.29 is 16.4 Å². The Kier molecular flexibility index (Phi) is 1.17. The van der Waals surface area contributed by atoms with E-state index >= 15 is 0 Å². The van der Waals surface area contributed by atoms with Crippen LogP contribution in [0.3, 0.4) is 0 Å². The molecule has 0 bridgehead atoms. The summed E-state index contributed by atoms with van der Waals surface area (Å²) >= 11 is 5.83. The summed E-state index contributed by atoms with van der Waals surface area (Å²) in [4.78, 5) is 0. The van der Waals surface area contributed by atoms with E-state index in [9.17, 15) is 0 Å². The van der Waals surface area contributed by atoms with Crippen molar-refractivity contribution in [2.24, 2.45) is 0 Å². The van der Waals surface area contributed by atoms with E-state index in [0.29, 0.717) is 0 Å². The highest BCUT2D eigenvalue weighted by atomic mass is 79.9. The fourth-order valence-corrected chi connectivity index (χ4v) is 1.74. The molecule has 2 aromatic carbocycles. The van der Waals surface area contributed by atoms with Gasteiger partial charge in [-0.2, -0.15) is 0 Å². The van der Waals surface area contributed by atoms with E-state index in [2.05, 4.69) is 31.9 Å². The number of hydrogen-bond donors (Lipinski definition) is 0. The molecule has 0 aromatic heterocycles. The smallest absolute Gasteiger partial charge is 0.0530 e. The van der Waals surface area contributed by atoms with Crippen LogP contribution in [0.5, 0.6) is 0 Å². The highest BCUT2D eigenvalue weighted by Gasteiger charge is 2.05. The lowest BCUT2D eigenvalue weighted by atomic mass is 9.97. The lowest BCUT2D eigenvalue weighted by Gasteiger charge is -2.10. The van der Waals surface area contributed by atoms with E-state index in [1.807, 2.05) is 0 Å². The van der Waals surface area contributed by atoms with E-state index < -0.39 is 72.2 Å². The Hall–Kier alpha value is -0.600. The molecule has 0 spiro atoms. The minimum absolute atomic E-state index is 0.261. The second kappa shape index (κ2) is 4.72. The van der Waals surface area contributed by atoms with Crippen molar-refractivity contribution in [3.63, 3.8) is 0 Å². The lowest BCUT2D eigenvalue weighted by molar-refractivity contribution is 1.39. The molecule has 0 heterocycles. The van der Waals surface area contributed by atoms with Crippen LogP contribution in [-0.4, -0.2) is 0 Å². The molecule has 2 aromatic rings. The third-order valence-electron chi connectivity index (χ3n) is 1.81. The van der Waals surface area contributed by atoms with Gasteiger partial charge in [-0.3, -0.25) is 0 Å². The second-order valence-electron chi connectivity index (χ2n) is 2.88. The number of benzene rings is 2. The maximum absolute atomic E-state index is 8.23. The molecule has 0 saturated carbocycles. The first-order valence-corrected chi connectivity index (χ1v) is 5.71. The van der Waals surface area contributed by atoms with Crippen LogP contribution >= 0.6 is 31.9 Å². The van der Waals surface area contributed by atoms with Crippen LogP contribution in [0.1, 0.15) is 27.6 Å². The van der Waals surface area contributed by atoms with Gasteiger partial charge in [0.1, 0.15) is 0 Å². The Balaban J connectivity index is 3.28. The van der Waals surface area contributed by atoms with Gasteiger partial charge in [0.25, 0.3) is 0 Å². The average molecular weight is 352 g/mol. The predicted octanol–water partition coefficient (Wildman–Crippen LogP) is 5.50. The van der Waals surface area contributed by atoms with Crippen LogP contribution in [0.15, 0.2) is 45.2 Å². The Labute approximate surface area is 130 Å². The molecule has 0 fully saturated rings. The predicted molar refractivity (Wildman–Crippen MR) is 76.8 cm³/mol. The minimum atomic E-state index is -2.98. The van der Waals surface area contributed by atoms with Crippen LogP contribution in [0.2, 0.25) is 0 Å². The average Bonchev–Trinajstić information content (AvgIpc) is 2.55. The van der Waals surface area contributed by atoms with E-state index in [-0.39, 0.29) is 8.95 Å². The normalized spacial score (nSPS) is 22.9. The molecular weight excluding hydrogens is 328 g/mol. The fraction of sp³-hybridized carbons (Fsp3) is 0.143. The molecule has 0 aliphatic carbocycles. The molecule has 82 valence electrons. The van der Waals surface area contributed by atoms with E-state index in [1.54, 1.807) is 0 Å². The molecule has 0 nitrogen and oxygen atoms in total. The van der Waals surface area contributed by atoms with Crippen LogP contribution < -0.4 is 0 Å². The molecule has 0 amide bonds. The zero-order valence-corrected chi connectivity index (χ0v) is 10.9. The maximum atomic E-state index is 8.23. The van der Waals surface area contributed by atoms with Gasteiger partial charge in [-0.1, -0.05) is 43.9 Å². The Bertz CT molecular complexity index is 895. The van der Waals surface area contributed by atoms with Gasteiger partial charge < -0.3 is 0 Å². The van der Waals surface area contributed by atoms with Gasteiger partial charge >= 0.3 is 0 Å². The standard InChI is InChI=1S/C14H12Br2/c1-9-7-11(15)3-5-13(9)14-6-4-12(16)8-10(14)2/h3-8H,1-2H3/i1D3,2D3,3D,4D,5D,6D,7D,8D. The summed E-state index contributed by atoms with van der Waals surface area (Å²) < 4.78 is 94.7. The molecule has 0 N–H and O–H groups in total. The van der Waals surface area contributed by atoms with Gasteiger partial charge in [0.15, 0.2) is 0 Å². The Morgan fingerprint density at radius 3 is 1.69 bits per heavy atom. The van der Waals surface area contributed by atoms with Crippen LogP contribution in [0.25, 0.3) is 11.1 Å². The highest BCUT2D eigenvalue weighted by Crippen LogP contribution is 2.30. The second-order valence-corrected chi connectivity index (χ2v) is 4.46. The summed E-state index contributed by atoms with van der Waals surface area (Å²) in [6, 6.07) is -3.85. The molecule has 16 heavy (non-hydrogen) atoms. The molecule has 0 unspecified atom stereocenters. The van der Waals surface area contributed by atoms with Gasteiger partial charge in [0, 0.05) is 17.2 Å². The van der Waals surface area contributed by atoms with Crippen molar-refractivity contribution in [2.45, 2.75) is 13.7 Å². The summed E-state index contributed by atoms with van der Waals surface area (Å²) in [5.74, 6) is 0. The van der Waals surface area contributed by atoms with E-state index in [0.717, 1.165) is 0 Å². The van der Waals surface area contributed by atoms with Crippen molar-refractivity contribution in [1.29, 1.82) is 0 Å². The number of halogens is 2. The molecule has 0 atom stereocenters. The zero-order valence-electron chi connectivity index (χ0n) is 19.8. The Morgan fingerprint density at radius 1 is 0.875 bits per heavy atom. The van der Waals surface area contributed by atoms with Crippen molar-refractivity contribution in [3.05, 3.63) is 56.3 Å². The summed E-state index contributed by atoms with van der Waals surface area (Å²) in [7, 11) is 0. The van der Waals surface area contributed by atoms with Crippen LogP contribution in [-0.2, 0) is 0 Å². The van der Waals surface area contributed by atoms with Crippen molar-refractivity contribution in [1.82, 2.24) is 0 Å². The summed E-state index contributed by atoms with van der Waals surface area (Å²) in [5.41, 5.74) is -2.69. The summed E-state index contributed by atoms with van der Waals surface area (Å²) in [6.07, 6.45) is 0. The molecule has 0 aliphatic rings. The molecule has 2 rings (SSSR count). The largest absolute Gasteiger partial charge is 0.0638 e. The molecular formula is C14H12Br2. The van der Waals surface area contributed by atoms with Crippen LogP contribution in [0, 0.1) is 13.7 Å². The minimum Gasteiger partial charge on any atom is -0.0530 e. The fourth-order valence-electron chi connectivity index (χ4n) is 1.14. The van der Waals surface area contributed by atoms with Crippen molar-refractivity contribution >= 4 is 31.9 Å². The van der Waals surface area contributed by atoms with Gasteiger partial charge in [-0.05, 0) is 60.1 Å². The van der Waals surface area contributed by atoms with E-state index in [4.69, 9.17) is 16.4 Å². The summed E-state index contributed by atoms with van der Waals surface area (Å²) in [6.45, 7) is -5.96. The third-order valence-corrected chi connectivity index (χ3v) is 2.61. The van der Waals surface area contributed by atoms with Crippen LogP contribution in [0.4, 0.5) is 0 Å². The third kappa shape index (κ3) is 2.38. The highest BCUT2D eigenvalue weighted by molar-refractivity contribution is 9.10. The molecule has 0 saturated heterocycles. The number of rotatable bonds is 1. The molecule has 2 heteroatoms. The van der Waals surface area contributed by atoms with Gasteiger partial charge in [-0.15, -0.1) is 0 Å². The maximum Gasteiger partial charge on any atom is 0.0638 e. The Morgan fingerprint density at radius 2 is 1.31 bits per heavy atom. The van der Waals surface area contributed by atoms with E-state index in [1.165, 1.54) is 0 Å². The summed E-state index contributed by atoms with van der Waals surface area (Å²) in [5, 5.41) is 0. The SMILES string of the molecule is [2H]c1c([2H])c(-c2c([2H])c([2H])c(Br)c([2H])c2C([2H])([2H])[2H])c(C([2H])([2H])[2H])c([2H])c1Br.